The smallest absolute Gasteiger partial charge is 0.318 e. The summed E-state index contributed by atoms with van der Waals surface area (Å²) in [6, 6.07) is 12.9. The lowest BCUT2D eigenvalue weighted by atomic mass is 9.82. The second-order valence-corrected chi connectivity index (χ2v) is 6.92. The van der Waals surface area contributed by atoms with Crippen LogP contribution in [0.25, 0.3) is 0 Å². The minimum atomic E-state index is -0.321. The van der Waals surface area contributed by atoms with Gasteiger partial charge in [-0.15, -0.1) is 0 Å². The van der Waals surface area contributed by atoms with E-state index in [1.165, 1.54) is 0 Å². The van der Waals surface area contributed by atoms with Gasteiger partial charge in [-0.3, -0.25) is 4.79 Å². The Hall–Kier alpha value is -3.02. The first-order chi connectivity index (χ1) is 13.6. The molecule has 0 aliphatic heterocycles. The molecule has 0 fully saturated rings. The second kappa shape index (κ2) is 9.26. The van der Waals surface area contributed by atoms with Gasteiger partial charge in [0.1, 0.15) is 11.5 Å². The Bertz CT molecular complexity index is 843. The van der Waals surface area contributed by atoms with Gasteiger partial charge in [-0.2, -0.15) is 0 Å². The highest BCUT2D eigenvalue weighted by atomic mass is 16.5. The van der Waals surface area contributed by atoms with E-state index in [0.717, 1.165) is 54.7 Å². The first-order valence-electron chi connectivity index (χ1n) is 9.74. The molecule has 28 heavy (non-hydrogen) atoms. The summed E-state index contributed by atoms with van der Waals surface area (Å²) < 4.78 is 11.3. The van der Waals surface area contributed by atoms with E-state index in [1.807, 2.05) is 30.3 Å². The molecule has 4 N–H and O–H groups in total. The normalized spacial score (nSPS) is 15.4. The highest BCUT2D eigenvalue weighted by Crippen LogP contribution is 2.37. The lowest BCUT2D eigenvalue weighted by Gasteiger charge is -2.25. The topological polar surface area (TPSA) is 99.9 Å². The quantitative estimate of drug-likeness (QED) is 0.250. The summed E-state index contributed by atoms with van der Waals surface area (Å²) in [5, 5.41) is 0. The van der Waals surface area contributed by atoms with Crippen molar-refractivity contribution in [3.8, 4) is 11.5 Å². The monoisotopic (exact) mass is 381 g/mol. The molecule has 0 saturated heterocycles. The van der Waals surface area contributed by atoms with E-state index in [1.54, 1.807) is 12.1 Å². The van der Waals surface area contributed by atoms with E-state index in [2.05, 4.69) is 11.9 Å². The number of guanidine groups is 1. The van der Waals surface area contributed by atoms with Crippen molar-refractivity contribution in [1.82, 2.24) is 0 Å². The van der Waals surface area contributed by atoms with Crippen LogP contribution in [0.1, 0.15) is 49.7 Å². The zero-order chi connectivity index (χ0) is 19.9. The van der Waals surface area contributed by atoms with Gasteiger partial charge in [0.15, 0.2) is 5.96 Å². The van der Waals surface area contributed by atoms with E-state index < -0.39 is 0 Å². The molecule has 3 rings (SSSR count). The fourth-order valence-corrected chi connectivity index (χ4v) is 3.44. The molecule has 6 heteroatoms. The average molecular weight is 381 g/mol. The lowest BCUT2D eigenvalue weighted by Crippen LogP contribution is -2.24. The number of aliphatic imine (C=N–C) groups is 1. The van der Waals surface area contributed by atoms with Crippen molar-refractivity contribution < 1.29 is 14.3 Å². The maximum Gasteiger partial charge on any atom is 0.318 e. The zero-order valence-electron chi connectivity index (χ0n) is 16.2. The number of hydrogen-bond acceptors (Lipinski definition) is 4. The van der Waals surface area contributed by atoms with Gasteiger partial charge in [0.2, 0.25) is 0 Å². The highest BCUT2D eigenvalue weighted by molar-refractivity contribution is 5.83. The molecule has 1 aliphatic carbocycles. The van der Waals surface area contributed by atoms with Gasteiger partial charge in [-0.1, -0.05) is 25.5 Å². The van der Waals surface area contributed by atoms with Crippen molar-refractivity contribution in [2.45, 2.75) is 44.9 Å². The fourth-order valence-electron chi connectivity index (χ4n) is 3.44. The van der Waals surface area contributed by atoms with Crippen LogP contribution in [-0.4, -0.2) is 18.5 Å². The van der Waals surface area contributed by atoms with E-state index >= 15 is 0 Å². The number of esters is 1. The van der Waals surface area contributed by atoms with E-state index in [4.69, 9.17) is 20.9 Å². The first-order valence-corrected chi connectivity index (χ1v) is 9.74. The molecule has 0 saturated carbocycles. The van der Waals surface area contributed by atoms with Crippen LogP contribution >= 0.6 is 0 Å². The van der Waals surface area contributed by atoms with Crippen LogP contribution in [0.3, 0.4) is 0 Å². The molecule has 1 aliphatic rings. The Morgan fingerprint density at radius 1 is 1.14 bits per heavy atom. The van der Waals surface area contributed by atoms with Crippen molar-refractivity contribution in [3.05, 3.63) is 53.6 Å². The molecule has 2 aromatic carbocycles. The van der Waals surface area contributed by atoms with Crippen LogP contribution in [0, 0.1) is 0 Å². The molecule has 0 spiro atoms. The molecular weight excluding hydrogens is 354 g/mol. The Morgan fingerprint density at radius 2 is 1.89 bits per heavy atom. The number of ether oxygens (including phenoxy) is 2. The summed E-state index contributed by atoms with van der Waals surface area (Å²) >= 11 is 0. The number of hydrogen-bond donors (Lipinski definition) is 2. The minimum Gasteiger partial charge on any atom is -0.494 e. The molecule has 2 aromatic rings. The standard InChI is InChI=1S/C22H27N3O3/c1-2-3-14-27-15-10-12-16(13-11-15)28-21(26)19-8-4-7-18-17(19)6-5-9-20(18)25-22(23)24/h5-6,9-13,19H,2-4,7-8,14H2,1H3,(H4,23,24,25). The SMILES string of the molecule is CCCCOc1ccc(OC(=O)C2CCCc3c(N=C(N)N)cccc32)cc1. The van der Waals surface area contributed by atoms with Gasteiger partial charge >= 0.3 is 5.97 Å². The molecule has 0 bridgehead atoms. The molecule has 0 aromatic heterocycles. The largest absolute Gasteiger partial charge is 0.494 e. The molecular formula is C22H27N3O3. The van der Waals surface area contributed by atoms with Crippen molar-refractivity contribution in [2.75, 3.05) is 6.61 Å². The molecule has 1 atom stereocenters. The molecule has 6 nitrogen and oxygen atoms in total. The number of nitrogens with two attached hydrogens (primary N) is 2. The van der Waals surface area contributed by atoms with Gasteiger partial charge in [0.25, 0.3) is 0 Å². The first kappa shape index (κ1) is 19.7. The summed E-state index contributed by atoms with van der Waals surface area (Å²) in [7, 11) is 0. The molecule has 0 heterocycles. The molecule has 0 radical (unpaired) electrons. The number of nitrogens with zero attached hydrogens (tertiary/aromatic N) is 1. The van der Waals surface area contributed by atoms with Gasteiger partial charge in [0, 0.05) is 0 Å². The summed E-state index contributed by atoms with van der Waals surface area (Å²) in [6.07, 6.45) is 4.57. The van der Waals surface area contributed by atoms with Gasteiger partial charge in [-0.05, 0) is 67.1 Å². The maximum absolute atomic E-state index is 12.8. The van der Waals surface area contributed by atoms with Crippen LogP contribution in [0.15, 0.2) is 47.5 Å². The third-order valence-corrected chi connectivity index (χ3v) is 4.83. The number of rotatable bonds is 7. The van der Waals surface area contributed by atoms with Crippen LogP contribution in [0.2, 0.25) is 0 Å². The summed E-state index contributed by atoms with van der Waals surface area (Å²) in [5.41, 5.74) is 13.7. The van der Waals surface area contributed by atoms with Crippen molar-refractivity contribution in [3.63, 3.8) is 0 Å². The van der Waals surface area contributed by atoms with Crippen LogP contribution in [0.4, 0.5) is 5.69 Å². The Kier molecular flexibility index (Phi) is 6.53. The Balaban J connectivity index is 1.72. The third-order valence-electron chi connectivity index (χ3n) is 4.83. The summed E-state index contributed by atoms with van der Waals surface area (Å²) in [5.74, 6) is 0.721. The highest BCUT2D eigenvalue weighted by Gasteiger charge is 2.29. The number of unbranched alkanes of at least 4 members (excludes halogenated alkanes) is 1. The molecule has 0 amide bonds. The summed E-state index contributed by atoms with van der Waals surface area (Å²) in [6.45, 7) is 2.81. The average Bonchev–Trinajstić information content (AvgIpc) is 2.69. The number of carbonyl (C=O) groups excluding carboxylic acids is 1. The third kappa shape index (κ3) is 4.82. The Labute approximate surface area is 165 Å². The van der Waals surface area contributed by atoms with Gasteiger partial charge < -0.3 is 20.9 Å². The lowest BCUT2D eigenvalue weighted by molar-refractivity contribution is -0.136. The Morgan fingerprint density at radius 3 is 2.61 bits per heavy atom. The second-order valence-electron chi connectivity index (χ2n) is 6.92. The predicted octanol–water partition coefficient (Wildman–Crippen LogP) is 3.80. The molecule has 148 valence electrons. The molecule has 1 unspecified atom stereocenters. The number of fused-ring (bicyclic) bond motifs is 1. The van der Waals surface area contributed by atoms with Gasteiger partial charge in [0.05, 0.1) is 18.2 Å². The van der Waals surface area contributed by atoms with Crippen molar-refractivity contribution in [2.24, 2.45) is 16.5 Å². The van der Waals surface area contributed by atoms with Crippen molar-refractivity contribution >= 4 is 17.6 Å². The summed E-state index contributed by atoms with van der Waals surface area (Å²) in [4.78, 5) is 17.0. The van der Waals surface area contributed by atoms with Crippen molar-refractivity contribution in [1.29, 1.82) is 0 Å². The van der Waals surface area contributed by atoms with Crippen LogP contribution in [-0.2, 0) is 11.2 Å². The van der Waals surface area contributed by atoms with Crippen LogP contribution in [0.5, 0.6) is 11.5 Å². The predicted molar refractivity (Wildman–Crippen MR) is 110 cm³/mol. The van der Waals surface area contributed by atoms with Crippen LogP contribution < -0.4 is 20.9 Å². The zero-order valence-corrected chi connectivity index (χ0v) is 16.2. The van der Waals surface area contributed by atoms with E-state index in [0.29, 0.717) is 12.4 Å². The maximum atomic E-state index is 12.8. The van der Waals surface area contributed by atoms with Gasteiger partial charge in [-0.25, -0.2) is 4.99 Å². The fraction of sp³-hybridized carbons (Fsp3) is 0.364. The number of benzene rings is 2. The number of carbonyl (C=O) groups is 1. The van der Waals surface area contributed by atoms with E-state index in [-0.39, 0.29) is 17.8 Å². The van der Waals surface area contributed by atoms with E-state index in [9.17, 15) is 4.79 Å². The minimum absolute atomic E-state index is 0.0133.